The summed E-state index contributed by atoms with van der Waals surface area (Å²) in [7, 11) is 1.48. The molecular weight excluding hydrogens is 280 g/mol. The number of ether oxygens (including phenoxy) is 2. The van der Waals surface area contributed by atoms with Crippen LogP contribution in [0.1, 0.15) is 51.5 Å². The van der Waals surface area contributed by atoms with Crippen molar-refractivity contribution in [2.24, 2.45) is 5.92 Å². The van der Waals surface area contributed by atoms with E-state index in [1.807, 2.05) is 0 Å². The summed E-state index contributed by atoms with van der Waals surface area (Å²) in [5.74, 6) is 0.984. The molecule has 1 atom stereocenters. The van der Waals surface area contributed by atoms with Crippen molar-refractivity contribution >= 4 is 5.97 Å². The molecule has 0 fully saturated rings. The smallest absolute Gasteiger partial charge is 0.310 e. The lowest BCUT2D eigenvalue weighted by atomic mass is 10.0. The summed E-state index contributed by atoms with van der Waals surface area (Å²) < 4.78 is 10.3. The van der Waals surface area contributed by atoms with Gasteiger partial charge in [0.1, 0.15) is 0 Å². The average molecular weight is 308 g/mol. The topological polar surface area (TPSA) is 55.8 Å². The molecule has 1 aromatic carbocycles. The van der Waals surface area contributed by atoms with Crippen molar-refractivity contribution in [3.8, 4) is 11.5 Å². The number of methoxy groups -OCH3 is 1. The Morgan fingerprint density at radius 2 is 2.05 bits per heavy atom. The van der Waals surface area contributed by atoms with Crippen LogP contribution in [0.25, 0.3) is 0 Å². The van der Waals surface area contributed by atoms with Crippen LogP contribution < -0.4 is 4.74 Å². The monoisotopic (exact) mass is 308 g/mol. The largest absolute Gasteiger partial charge is 0.504 e. The van der Waals surface area contributed by atoms with Crippen LogP contribution in [0.15, 0.2) is 18.2 Å². The van der Waals surface area contributed by atoms with Crippen molar-refractivity contribution in [1.82, 2.24) is 0 Å². The molecule has 4 heteroatoms. The molecule has 0 aliphatic rings. The van der Waals surface area contributed by atoms with E-state index in [0.717, 1.165) is 24.3 Å². The Kier molecular flexibility index (Phi) is 8.41. The molecule has 0 amide bonds. The predicted molar refractivity (Wildman–Crippen MR) is 87.2 cm³/mol. The van der Waals surface area contributed by atoms with Crippen LogP contribution >= 0.6 is 0 Å². The van der Waals surface area contributed by atoms with Crippen molar-refractivity contribution in [1.29, 1.82) is 0 Å². The fourth-order valence-electron chi connectivity index (χ4n) is 2.21. The van der Waals surface area contributed by atoms with Crippen LogP contribution in [0.2, 0.25) is 0 Å². The lowest BCUT2D eigenvalue weighted by Gasteiger charge is -2.09. The molecule has 0 aromatic heterocycles. The number of carbonyl (C=O) groups is 1. The number of rotatable bonds is 10. The molecule has 4 nitrogen and oxygen atoms in total. The van der Waals surface area contributed by atoms with E-state index in [4.69, 9.17) is 9.47 Å². The van der Waals surface area contributed by atoms with E-state index in [9.17, 15) is 9.90 Å². The SMILES string of the molecule is CC[C@H](C)CCCCCOC(=O)Cc1ccc(O)c(OC)c1. The number of hydrogen-bond donors (Lipinski definition) is 1. The molecule has 0 bridgehead atoms. The fourth-order valence-corrected chi connectivity index (χ4v) is 2.21. The molecule has 124 valence electrons. The van der Waals surface area contributed by atoms with Crippen LogP contribution in [0.5, 0.6) is 11.5 Å². The Bertz CT molecular complexity index is 456. The van der Waals surface area contributed by atoms with E-state index in [1.165, 1.54) is 32.4 Å². The predicted octanol–water partition coefficient (Wildman–Crippen LogP) is 4.09. The molecule has 1 N–H and O–H groups in total. The normalized spacial score (nSPS) is 12.0. The highest BCUT2D eigenvalue weighted by Gasteiger charge is 2.08. The number of unbranched alkanes of at least 4 members (excludes halogenated alkanes) is 2. The van der Waals surface area contributed by atoms with E-state index in [-0.39, 0.29) is 18.1 Å². The van der Waals surface area contributed by atoms with Crippen LogP contribution in [0.3, 0.4) is 0 Å². The molecule has 0 heterocycles. The van der Waals surface area contributed by atoms with E-state index in [0.29, 0.717) is 12.4 Å². The number of esters is 1. The van der Waals surface area contributed by atoms with E-state index in [2.05, 4.69) is 13.8 Å². The zero-order valence-electron chi connectivity index (χ0n) is 13.9. The summed E-state index contributed by atoms with van der Waals surface area (Å²) in [6.45, 7) is 4.96. The number of phenolic OH excluding ortho intramolecular Hbond substituents is 1. The van der Waals surface area contributed by atoms with Gasteiger partial charge in [0.15, 0.2) is 11.5 Å². The van der Waals surface area contributed by atoms with Gasteiger partial charge in [-0.1, -0.05) is 45.6 Å². The minimum atomic E-state index is -0.241. The van der Waals surface area contributed by atoms with E-state index < -0.39 is 0 Å². The molecular formula is C18H28O4. The van der Waals surface area contributed by atoms with Crippen molar-refractivity contribution in [2.45, 2.75) is 52.4 Å². The molecule has 1 rings (SSSR count). The van der Waals surface area contributed by atoms with Gasteiger partial charge in [0.2, 0.25) is 0 Å². The third-order valence-corrected chi connectivity index (χ3v) is 3.89. The lowest BCUT2D eigenvalue weighted by molar-refractivity contribution is -0.142. The van der Waals surface area contributed by atoms with Gasteiger partial charge in [0.05, 0.1) is 20.1 Å². The molecule has 1 aromatic rings. The van der Waals surface area contributed by atoms with Gasteiger partial charge in [-0.05, 0) is 30.0 Å². The van der Waals surface area contributed by atoms with Crippen LogP contribution in [0, 0.1) is 5.92 Å². The van der Waals surface area contributed by atoms with Gasteiger partial charge >= 0.3 is 5.97 Å². The van der Waals surface area contributed by atoms with Gasteiger partial charge < -0.3 is 14.6 Å². The Morgan fingerprint density at radius 1 is 1.27 bits per heavy atom. The summed E-state index contributed by atoms with van der Waals surface area (Å²) in [4.78, 5) is 11.8. The second-order valence-corrected chi connectivity index (χ2v) is 5.77. The Labute approximate surface area is 133 Å². The minimum Gasteiger partial charge on any atom is -0.504 e. The van der Waals surface area contributed by atoms with Gasteiger partial charge in [0.25, 0.3) is 0 Å². The molecule has 0 unspecified atom stereocenters. The highest BCUT2D eigenvalue weighted by Crippen LogP contribution is 2.26. The molecule has 22 heavy (non-hydrogen) atoms. The Morgan fingerprint density at radius 3 is 2.73 bits per heavy atom. The fraction of sp³-hybridized carbons (Fsp3) is 0.611. The summed E-state index contributed by atoms with van der Waals surface area (Å²) in [6.07, 6.45) is 5.89. The Balaban J connectivity index is 2.21. The maximum Gasteiger partial charge on any atom is 0.310 e. The van der Waals surface area contributed by atoms with Gasteiger partial charge in [0, 0.05) is 0 Å². The highest BCUT2D eigenvalue weighted by molar-refractivity contribution is 5.72. The number of benzene rings is 1. The van der Waals surface area contributed by atoms with Crippen molar-refractivity contribution in [3.05, 3.63) is 23.8 Å². The lowest BCUT2D eigenvalue weighted by Crippen LogP contribution is -2.09. The number of phenols is 1. The first-order valence-electron chi connectivity index (χ1n) is 8.08. The van der Waals surface area contributed by atoms with Gasteiger partial charge in [-0.15, -0.1) is 0 Å². The third kappa shape index (κ3) is 6.83. The van der Waals surface area contributed by atoms with Crippen LogP contribution in [-0.4, -0.2) is 24.8 Å². The molecule has 0 aliphatic carbocycles. The first kappa shape index (κ1) is 18.3. The summed E-state index contributed by atoms with van der Waals surface area (Å²) in [5.41, 5.74) is 0.774. The van der Waals surface area contributed by atoms with Gasteiger partial charge in [-0.25, -0.2) is 0 Å². The third-order valence-electron chi connectivity index (χ3n) is 3.89. The summed E-state index contributed by atoms with van der Waals surface area (Å²) in [5, 5.41) is 9.51. The quantitative estimate of drug-likeness (QED) is 0.522. The molecule has 0 spiro atoms. The first-order valence-corrected chi connectivity index (χ1v) is 8.08. The van der Waals surface area contributed by atoms with Crippen LogP contribution in [0.4, 0.5) is 0 Å². The standard InChI is InChI=1S/C18H28O4/c1-4-14(2)8-6-5-7-11-22-18(20)13-15-9-10-16(19)17(12-15)21-3/h9-10,12,14,19H,4-8,11,13H2,1-3H3/t14-/m0/s1. The zero-order valence-corrected chi connectivity index (χ0v) is 13.9. The van der Waals surface area contributed by atoms with Gasteiger partial charge in [-0.3, -0.25) is 4.79 Å². The van der Waals surface area contributed by atoms with Gasteiger partial charge in [-0.2, -0.15) is 0 Å². The molecule has 0 saturated carbocycles. The second kappa shape index (κ2) is 10.1. The second-order valence-electron chi connectivity index (χ2n) is 5.77. The first-order chi connectivity index (χ1) is 10.6. The summed E-state index contributed by atoms with van der Waals surface area (Å²) in [6, 6.07) is 4.88. The average Bonchev–Trinajstić information content (AvgIpc) is 2.52. The van der Waals surface area contributed by atoms with Crippen molar-refractivity contribution in [2.75, 3.05) is 13.7 Å². The van der Waals surface area contributed by atoms with Crippen LogP contribution in [-0.2, 0) is 16.0 Å². The highest BCUT2D eigenvalue weighted by atomic mass is 16.5. The molecule has 0 aliphatic heterocycles. The molecule has 0 saturated heterocycles. The zero-order chi connectivity index (χ0) is 16.4. The number of carbonyl (C=O) groups excluding carboxylic acids is 1. The summed E-state index contributed by atoms with van der Waals surface area (Å²) >= 11 is 0. The Hall–Kier alpha value is -1.71. The number of aromatic hydroxyl groups is 1. The maximum atomic E-state index is 11.8. The maximum absolute atomic E-state index is 11.8. The number of hydrogen-bond acceptors (Lipinski definition) is 4. The molecule has 0 radical (unpaired) electrons. The van der Waals surface area contributed by atoms with Crippen molar-refractivity contribution in [3.63, 3.8) is 0 Å². The minimum absolute atomic E-state index is 0.0703. The van der Waals surface area contributed by atoms with E-state index in [1.54, 1.807) is 12.1 Å². The van der Waals surface area contributed by atoms with Crippen molar-refractivity contribution < 1.29 is 19.4 Å². The van der Waals surface area contributed by atoms with E-state index >= 15 is 0 Å².